The second kappa shape index (κ2) is 4.29. The first-order valence-corrected chi connectivity index (χ1v) is 8.10. The van der Waals surface area contributed by atoms with Crippen LogP contribution in [0, 0.1) is 0 Å². The molecule has 1 unspecified atom stereocenters. The van der Waals surface area contributed by atoms with Crippen LogP contribution in [0.2, 0.25) is 0 Å². The molecule has 1 spiro atoms. The molecule has 0 bridgehead atoms. The van der Waals surface area contributed by atoms with E-state index in [1.807, 2.05) is 24.3 Å². The van der Waals surface area contributed by atoms with Gasteiger partial charge in [-0.15, -0.1) is 0 Å². The lowest BCUT2D eigenvalue weighted by atomic mass is 9.91. The van der Waals surface area contributed by atoms with Crippen LogP contribution in [0.15, 0.2) is 54.6 Å². The summed E-state index contributed by atoms with van der Waals surface area (Å²) in [4.78, 5) is 14.8. The van der Waals surface area contributed by atoms with E-state index in [1.165, 1.54) is 0 Å². The van der Waals surface area contributed by atoms with Crippen molar-refractivity contribution >= 4 is 28.1 Å². The Balaban J connectivity index is 1.91. The predicted molar refractivity (Wildman–Crippen MR) is 94.0 cm³/mol. The number of rotatable bonds is 1. The van der Waals surface area contributed by atoms with Crippen LogP contribution in [-0.2, 0) is 10.5 Å². The number of carbonyl (C=O) groups is 1. The molecular formula is C20H16N2O2. The highest BCUT2D eigenvalue weighted by Gasteiger charge is 2.55. The molecule has 0 saturated heterocycles. The average molecular weight is 316 g/mol. The first-order valence-electron chi connectivity index (χ1n) is 8.10. The van der Waals surface area contributed by atoms with E-state index in [1.54, 1.807) is 6.07 Å². The van der Waals surface area contributed by atoms with Crippen LogP contribution in [0.1, 0.15) is 28.4 Å². The first-order chi connectivity index (χ1) is 11.7. The second-order valence-electron chi connectivity index (χ2n) is 6.26. The SMILES string of the molecule is CCN1c2cccc3cccc(c23)C12OC(=O)c1cc(N)ccc12. The maximum atomic E-state index is 12.6. The molecule has 3 aromatic carbocycles. The Kier molecular flexibility index (Phi) is 2.40. The van der Waals surface area contributed by atoms with Crippen molar-refractivity contribution in [3.05, 3.63) is 71.3 Å². The molecule has 118 valence electrons. The summed E-state index contributed by atoms with van der Waals surface area (Å²) in [5.74, 6) is -0.319. The second-order valence-corrected chi connectivity index (χ2v) is 6.26. The number of benzene rings is 3. The Morgan fingerprint density at radius 3 is 2.67 bits per heavy atom. The van der Waals surface area contributed by atoms with Crippen LogP contribution in [0.3, 0.4) is 0 Å². The number of esters is 1. The van der Waals surface area contributed by atoms with Crippen molar-refractivity contribution < 1.29 is 9.53 Å². The summed E-state index contributed by atoms with van der Waals surface area (Å²) in [6.45, 7) is 2.81. The number of nitrogens with two attached hydrogens (primary N) is 1. The van der Waals surface area contributed by atoms with E-state index in [4.69, 9.17) is 10.5 Å². The maximum absolute atomic E-state index is 12.6. The van der Waals surface area contributed by atoms with E-state index in [-0.39, 0.29) is 5.97 Å². The number of fused-ring (bicyclic) bond motifs is 3. The van der Waals surface area contributed by atoms with E-state index in [9.17, 15) is 4.79 Å². The van der Waals surface area contributed by atoms with E-state index < -0.39 is 5.72 Å². The zero-order chi connectivity index (χ0) is 16.5. The molecule has 24 heavy (non-hydrogen) atoms. The first kappa shape index (κ1) is 13.4. The molecule has 0 radical (unpaired) electrons. The third-order valence-corrected chi connectivity index (χ3v) is 5.10. The Hall–Kier alpha value is -3.01. The summed E-state index contributed by atoms with van der Waals surface area (Å²) in [6, 6.07) is 17.9. The molecular weight excluding hydrogens is 300 g/mol. The predicted octanol–water partition coefficient (Wildman–Crippen LogP) is 3.63. The maximum Gasteiger partial charge on any atom is 0.341 e. The third-order valence-electron chi connectivity index (χ3n) is 5.10. The molecule has 2 N–H and O–H groups in total. The van der Waals surface area contributed by atoms with Crippen molar-refractivity contribution in [2.75, 3.05) is 17.2 Å². The minimum Gasteiger partial charge on any atom is -0.426 e. The van der Waals surface area contributed by atoms with Gasteiger partial charge in [0.2, 0.25) is 5.72 Å². The van der Waals surface area contributed by atoms with Crippen molar-refractivity contribution in [3.63, 3.8) is 0 Å². The molecule has 0 fully saturated rings. The minimum atomic E-state index is -0.891. The van der Waals surface area contributed by atoms with Crippen LogP contribution < -0.4 is 10.6 Å². The number of hydrogen-bond acceptors (Lipinski definition) is 4. The minimum absolute atomic E-state index is 0.319. The largest absolute Gasteiger partial charge is 0.426 e. The molecule has 0 aliphatic carbocycles. The molecule has 0 aromatic heterocycles. The molecule has 0 saturated carbocycles. The van der Waals surface area contributed by atoms with Gasteiger partial charge in [-0.1, -0.05) is 30.3 Å². The van der Waals surface area contributed by atoms with Crippen molar-refractivity contribution in [1.29, 1.82) is 0 Å². The van der Waals surface area contributed by atoms with E-state index >= 15 is 0 Å². The lowest BCUT2D eigenvalue weighted by Gasteiger charge is -2.36. The van der Waals surface area contributed by atoms with Gasteiger partial charge in [0.25, 0.3) is 0 Å². The number of hydrogen-bond donors (Lipinski definition) is 1. The Morgan fingerprint density at radius 1 is 1.08 bits per heavy atom. The van der Waals surface area contributed by atoms with E-state index in [0.29, 0.717) is 11.3 Å². The monoisotopic (exact) mass is 316 g/mol. The quantitative estimate of drug-likeness (QED) is 0.550. The molecule has 2 aliphatic heterocycles. The van der Waals surface area contributed by atoms with Gasteiger partial charge in [-0.3, -0.25) is 0 Å². The smallest absolute Gasteiger partial charge is 0.341 e. The molecule has 4 nitrogen and oxygen atoms in total. The summed E-state index contributed by atoms with van der Waals surface area (Å²) >= 11 is 0. The fourth-order valence-corrected chi connectivity index (χ4v) is 4.21. The van der Waals surface area contributed by atoms with Gasteiger partial charge in [-0.05, 0) is 36.6 Å². The van der Waals surface area contributed by atoms with Crippen LogP contribution in [-0.4, -0.2) is 12.5 Å². The van der Waals surface area contributed by atoms with E-state index in [2.05, 4.69) is 36.1 Å². The standard InChI is InChI=1S/C20H16N2O2/c1-2-22-17-8-4-6-12-5-3-7-16(18(12)17)20(22)15-10-9-13(21)11-14(15)19(23)24-20/h3-11H,2,21H2,1H3. The Bertz CT molecular complexity index is 1020. The van der Waals surface area contributed by atoms with Gasteiger partial charge >= 0.3 is 5.97 Å². The number of nitrogens with zero attached hydrogens (tertiary/aromatic N) is 1. The molecule has 0 amide bonds. The normalized spacial score (nSPS) is 20.7. The van der Waals surface area contributed by atoms with Crippen molar-refractivity contribution in [2.24, 2.45) is 0 Å². The highest BCUT2D eigenvalue weighted by molar-refractivity contribution is 6.05. The number of anilines is 2. The molecule has 2 aliphatic rings. The summed E-state index contributed by atoms with van der Waals surface area (Å²) in [5, 5.41) is 2.31. The van der Waals surface area contributed by atoms with Crippen LogP contribution in [0.5, 0.6) is 0 Å². The summed E-state index contributed by atoms with van der Waals surface area (Å²) in [7, 11) is 0. The number of ether oxygens (including phenoxy) is 1. The summed E-state index contributed by atoms with van der Waals surface area (Å²) in [6.07, 6.45) is 0. The molecule has 2 heterocycles. The van der Waals surface area contributed by atoms with Gasteiger partial charge < -0.3 is 15.4 Å². The Labute approximate surface area is 139 Å². The summed E-state index contributed by atoms with van der Waals surface area (Å²) < 4.78 is 6.04. The zero-order valence-corrected chi connectivity index (χ0v) is 13.2. The van der Waals surface area contributed by atoms with Crippen molar-refractivity contribution in [3.8, 4) is 0 Å². The van der Waals surface area contributed by atoms with Gasteiger partial charge in [0.1, 0.15) is 0 Å². The Morgan fingerprint density at radius 2 is 1.88 bits per heavy atom. The van der Waals surface area contributed by atoms with Crippen LogP contribution in [0.4, 0.5) is 11.4 Å². The highest BCUT2D eigenvalue weighted by Crippen LogP contribution is 2.55. The average Bonchev–Trinajstić information content (AvgIpc) is 3.03. The molecule has 4 heteroatoms. The fraction of sp³-hybridized carbons (Fsp3) is 0.150. The number of carbonyl (C=O) groups excluding carboxylic acids is 1. The lowest BCUT2D eigenvalue weighted by molar-refractivity contribution is 0.0118. The highest BCUT2D eigenvalue weighted by atomic mass is 16.6. The van der Waals surface area contributed by atoms with E-state index in [0.717, 1.165) is 34.1 Å². The van der Waals surface area contributed by atoms with Gasteiger partial charge in [0.05, 0.1) is 5.56 Å². The molecule has 1 atom stereocenters. The van der Waals surface area contributed by atoms with Gasteiger partial charge in [0.15, 0.2) is 0 Å². The van der Waals surface area contributed by atoms with Crippen LogP contribution in [0.25, 0.3) is 10.8 Å². The fourth-order valence-electron chi connectivity index (χ4n) is 4.21. The number of nitrogen functional groups attached to an aromatic ring is 1. The van der Waals surface area contributed by atoms with Gasteiger partial charge in [0, 0.05) is 34.4 Å². The summed E-state index contributed by atoms with van der Waals surface area (Å²) in [5.41, 5.74) is 9.11. The van der Waals surface area contributed by atoms with Crippen LogP contribution >= 0.6 is 0 Å². The molecule has 5 rings (SSSR count). The van der Waals surface area contributed by atoms with Gasteiger partial charge in [-0.2, -0.15) is 0 Å². The topological polar surface area (TPSA) is 55.6 Å². The van der Waals surface area contributed by atoms with Crippen molar-refractivity contribution in [2.45, 2.75) is 12.6 Å². The van der Waals surface area contributed by atoms with Gasteiger partial charge in [-0.25, -0.2) is 4.79 Å². The zero-order valence-electron chi connectivity index (χ0n) is 13.2. The van der Waals surface area contributed by atoms with Crippen molar-refractivity contribution in [1.82, 2.24) is 0 Å². The third kappa shape index (κ3) is 1.37. The lowest BCUT2D eigenvalue weighted by Crippen LogP contribution is -2.44. The molecule has 3 aromatic rings.